The van der Waals surface area contributed by atoms with Gasteiger partial charge in [0.25, 0.3) is 0 Å². The Labute approximate surface area is 110 Å². The lowest BCUT2D eigenvalue weighted by Gasteiger charge is -2.29. The molecule has 102 valence electrons. The van der Waals surface area contributed by atoms with E-state index in [0.717, 1.165) is 38.3 Å². The van der Waals surface area contributed by atoms with Crippen LogP contribution in [0.5, 0.6) is 0 Å². The minimum atomic E-state index is -0.428. The lowest BCUT2D eigenvalue weighted by molar-refractivity contribution is 0.228. The number of oxazole rings is 1. The Morgan fingerprint density at radius 3 is 2.95 bits per heavy atom. The zero-order valence-corrected chi connectivity index (χ0v) is 10.7. The van der Waals surface area contributed by atoms with Gasteiger partial charge >= 0.3 is 5.76 Å². The minimum absolute atomic E-state index is 0.0669. The Kier molecular flexibility index (Phi) is 3.37. The van der Waals surface area contributed by atoms with E-state index in [2.05, 4.69) is 15.2 Å². The molecule has 1 aromatic carbocycles. The number of nitrogens with one attached hydrogen (secondary N) is 2. The van der Waals surface area contributed by atoms with Crippen LogP contribution in [0.1, 0.15) is 11.6 Å². The molecule has 1 fully saturated rings. The van der Waals surface area contributed by atoms with Gasteiger partial charge in [-0.2, -0.15) is 0 Å². The van der Waals surface area contributed by atoms with Gasteiger partial charge in [-0.1, -0.05) is 6.07 Å². The Bertz CT molecular complexity index is 612. The van der Waals surface area contributed by atoms with Crippen molar-refractivity contribution in [1.82, 2.24) is 15.2 Å². The molecule has 2 aromatic rings. The molecule has 0 spiro atoms. The Hall–Kier alpha value is -1.63. The molecule has 1 aromatic heterocycles. The predicted molar refractivity (Wildman–Crippen MR) is 73.1 cm³/mol. The van der Waals surface area contributed by atoms with E-state index in [9.17, 15) is 4.79 Å². The summed E-state index contributed by atoms with van der Waals surface area (Å²) < 4.78 is 5.06. The number of hydrogen-bond donors (Lipinski definition) is 3. The van der Waals surface area contributed by atoms with Crippen LogP contribution in [0.4, 0.5) is 0 Å². The van der Waals surface area contributed by atoms with E-state index in [4.69, 9.17) is 10.2 Å². The summed E-state index contributed by atoms with van der Waals surface area (Å²) in [5.74, 6) is -0.428. The average molecular weight is 262 g/mol. The second-order valence-electron chi connectivity index (χ2n) is 4.93. The third-order valence-corrected chi connectivity index (χ3v) is 3.54. The normalized spacial score (nSPS) is 18.8. The molecule has 6 heteroatoms. The number of aromatic nitrogens is 1. The van der Waals surface area contributed by atoms with Crippen molar-refractivity contribution in [2.45, 2.75) is 6.04 Å². The maximum absolute atomic E-state index is 11.1. The van der Waals surface area contributed by atoms with Crippen LogP contribution in [0, 0.1) is 0 Å². The number of rotatable bonds is 3. The van der Waals surface area contributed by atoms with Crippen molar-refractivity contribution < 1.29 is 4.42 Å². The molecule has 1 aliphatic rings. The van der Waals surface area contributed by atoms with Crippen LogP contribution in [0.2, 0.25) is 0 Å². The molecule has 0 saturated carbocycles. The van der Waals surface area contributed by atoms with E-state index in [0.29, 0.717) is 11.1 Å². The molecule has 6 nitrogen and oxygen atoms in total. The highest BCUT2D eigenvalue weighted by Gasteiger charge is 2.15. The van der Waals surface area contributed by atoms with Gasteiger partial charge in [0.15, 0.2) is 5.58 Å². The molecule has 1 unspecified atom stereocenters. The number of benzene rings is 1. The smallest absolute Gasteiger partial charge is 0.408 e. The number of fused-ring (bicyclic) bond motifs is 1. The summed E-state index contributed by atoms with van der Waals surface area (Å²) in [4.78, 5) is 16.1. The van der Waals surface area contributed by atoms with Gasteiger partial charge in [0.1, 0.15) is 0 Å². The second kappa shape index (κ2) is 5.16. The van der Waals surface area contributed by atoms with Gasteiger partial charge < -0.3 is 15.5 Å². The first-order valence-corrected chi connectivity index (χ1v) is 6.54. The lowest BCUT2D eigenvalue weighted by atomic mass is 10.1. The molecule has 0 bridgehead atoms. The van der Waals surface area contributed by atoms with Crippen LogP contribution in [-0.2, 0) is 0 Å². The maximum Gasteiger partial charge on any atom is 0.417 e. The Balaban J connectivity index is 1.76. The molecular weight excluding hydrogens is 244 g/mol. The molecule has 1 aliphatic heterocycles. The van der Waals surface area contributed by atoms with Gasteiger partial charge in [-0.25, -0.2) is 4.79 Å². The molecule has 0 amide bonds. The highest BCUT2D eigenvalue weighted by atomic mass is 16.4. The fourth-order valence-electron chi connectivity index (χ4n) is 2.47. The highest BCUT2D eigenvalue weighted by Crippen LogP contribution is 2.18. The van der Waals surface area contributed by atoms with Crippen molar-refractivity contribution in [1.29, 1.82) is 0 Å². The van der Waals surface area contributed by atoms with Crippen LogP contribution in [0.3, 0.4) is 0 Å². The van der Waals surface area contributed by atoms with Crippen LogP contribution in [0.25, 0.3) is 11.1 Å². The summed E-state index contributed by atoms with van der Waals surface area (Å²) >= 11 is 0. The van der Waals surface area contributed by atoms with Gasteiger partial charge in [0.05, 0.1) is 5.52 Å². The van der Waals surface area contributed by atoms with Crippen LogP contribution < -0.4 is 16.8 Å². The lowest BCUT2D eigenvalue weighted by Crippen LogP contribution is -2.45. The predicted octanol–water partition coefficient (Wildman–Crippen LogP) is 0.0261. The fourth-order valence-corrected chi connectivity index (χ4v) is 2.47. The van der Waals surface area contributed by atoms with E-state index >= 15 is 0 Å². The monoisotopic (exact) mass is 262 g/mol. The van der Waals surface area contributed by atoms with Gasteiger partial charge in [-0.3, -0.25) is 9.88 Å². The molecule has 19 heavy (non-hydrogen) atoms. The third kappa shape index (κ3) is 2.70. The van der Waals surface area contributed by atoms with E-state index in [1.54, 1.807) is 0 Å². The molecule has 1 saturated heterocycles. The zero-order valence-electron chi connectivity index (χ0n) is 10.7. The number of nitrogens with zero attached hydrogens (tertiary/aromatic N) is 1. The van der Waals surface area contributed by atoms with Crippen LogP contribution in [0.15, 0.2) is 27.4 Å². The number of hydrogen-bond acceptors (Lipinski definition) is 5. The summed E-state index contributed by atoms with van der Waals surface area (Å²) in [5, 5.41) is 3.32. The number of nitrogens with two attached hydrogens (primary N) is 1. The first-order valence-electron chi connectivity index (χ1n) is 6.54. The van der Waals surface area contributed by atoms with E-state index in [-0.39, 0.29) is 6.04 Å². The minimum Gasteiger partial charge on any atom is -0.408 e. The molecular formula is C13H18N4O2. The van der Waals surface area contributed by atoms with E-state index in [1.807, 2.05) is 18.2 Å². The second-order valence-corrected chi connectivity index (χ2v) is 4.93. The molecule has 3 rings (SSSR count). The first-order chi connectivity index (χ1) is 9.22. The SMILES string of the molecule is NC(CN1CCNCC1)c1ccc2[nH]c(=O)oc2c1. The molecule has 1 atom stereocenters. The molecule has 0 radical (unpaired) electrons. The van der Waals surface area contributed by atoms with Gasteiger partial charge in [0, 0.05) is 38.8 Å². The number of aromatic amines is 1. The average Bonchev–Trinajstić information content (AvgIpc) is 2.78. The molecule has 0 aliphatic carbocycles. The standard InChI is InChI=1S/C13H18N4O2/c14-10(8-17-5-3-15-4-6-17)9-1-2-11-12(7-9)19-13(18)16-11/h1-2,7,10,15H,3-6,8,14H2,(H,16,18). The quantitative estimate of drug-likeness (QED) is 0.726. The van der Waals surface area contributed by atoms with Gasteiger partial charge in [-0.05, 0) is 17.7 Å². The van der Waals surface area contributed by atoms with Gasteiger partial charge in [-0.15, -0.1) is 0 Å². The Morgan fingerprint density at radius 2 is 2.16 bits per heavy atom. The van der Waals surface area contributed by atoms with Crippen molar-refractivity contribution in [3.05, 3.63) is 34.3 Å². The summed E-state index contributed by atoms with van der Waals surface area (Å²) in [6.07, 6.45) is 0. The number of H-pyrrole nitrogens is 1. The topological polar surface area (TPSA) is 87.3 Å². The largest absolute Gasteiger partial charge is 0.417 e. The summed E-state index contributed by atoms with van der Waals surface area (Å²) in [7, 11) is 0. The fraction of sp³-hybridized carbons (Fsp3) is 0.462. The zero-order chi connectivity index (χ0) is 13.2. The van der Waals surface area contributed by atoms with Crippen molar-refractivity contribution in [3.63, 3.8) is 0 Å². The third-order valence-electron chi connectivity index (χ3n) is 3.54. The number of piperazine rings is 1. The molecule has 4 N–H and O–H groups in total. The maximum atomic E-state index is 11.1. The summed E-state index contributed by atoms with van der Waals surface area (Å²) in [6.45, 7) is 4.89. The highest BCUT2D eigenvalue weighted by molar-refractivity contribution is 5.72. The van der Waals surface area contributed by atoms with Crippen LogP contribution >= 0.6 is 0 Å². The summed E-state index contributed by atoms with van der Waals surface area (Å²) in [5.41, 5.74) is 8.50. The van der Waals surface area contributed by atoms with Crippen molar-refractivity contribution >= 4 is 11.1 Å². The summed E-state index contributed by atoms with van der Waals surface area (Å²) in [6, 6.07) is 5.57. The van der Waals surface area contributed by atoms with Gasteiger partial charge in [0.2, 0.25) is 0 Å². The van der Waals surface area contributed by atoms with Crippen molar-refractivity contribution in [3.8, 4) is 0 Å². The van der Waals surface area contributed by atoms with Crippen molar-refractivity contribution in [2.75, 3.05) is 32.7 Å². The van der Waals surface area contributed by atoms with E-state index in [1.165, 1.54) is 0 Å². The van der Waals surface area contributed by atoms with Crippen LogP contribution in [-0.4, -0.2) is 42.6 Å². The Morgan fingerprint density at radius 1 is 1.37 bits per heavy atom. The van der Waals surface area contributed by atoms with Crippen molar-refractivity contribution in [2.24, 2.45) is 5.73 Å². The van der Waals surface area contributed by atoms with E-state index < -0.39 is 5.76 Å². The first kappa shape index (κ1) is 12.4. The molecule has 2 heterocycles.